The molecule has 0 radical (unpaired) electrons. The predicted molar refractivity (Wildman–Crippen MR) is 61.1 cm³/mol. The molecular weight excluding hydrogens is 204 g/mol. The summed E-state index contributed by atoms with van der Waals surface area (Å²) in [7, 11) is 3.46. The number of nitrogens with zero attached hydrogens (tertiary/aromatic N) is 2. The van der Waals surface area contributed by atoms with Crippen molar-refractivity contribution in [3.8, 4) is 16.9 Å². The number of aliphatic hydroxyl groups is 1. The van der Waals surface area contributed by atoms with Crippen LogP contribution in [0.4, 0.5) is 0 Å². The van der Waals surface area contributed by atoms with Crippen LogP contribution in [0.2, 0.25) is 0 Å². The van der Waals surface area contributed by atoms with Gasteiger partial charge >= 0.3 is 0 Å². The maximum absolute atomic E-state index is 9.26. The third kappa shape index (κ3) is 1.79. The molecule has 0 saturated heterocycles. The second-order valence-corrected chi connectivity index (χ2v) is 3.52. The number of hydrogen-bond acceptors (Lipinski definition) is 3. The van der Waals surface area contributed by atoms with Gasteiger partial charge in [-0.3, -0.25) is 4.68 Å². The summed E-state index contributed by atoms with van der Waals surface area (Å²) in [6, 6.07) is 7.69. The molecule has 0 unspecified atom stereocenters. The first kappa shape index (κ1) is 10.7. The van der Waals surface area contributed by atoms with Gasteiger partial charge in [0.05, 0.1) is 25.6 Å². The van der Waals surface area contributed by atoms with E-state index < -0.39 is 0 Å². The van der Waals surface area contributed by atoms with E-state index in [0.717, 1.165) is 22.6 Å². The maximum atomic E-state index is 9.26. The molecule has 2 aromatic rings. The fourth-order valence-electron chi connectivity index (χ4n) is 1.66. The summed E-state index contributed by atoms with van der Waals surface area (Å²) in [5.41, 5.74) is 2.79. The topological polar surface area (TPSA) is 47.3 Å². The lowest BCUT2D eigenvalue weighted by Crippen LogP contribution is -1.98. The number of aromatic nitrogens is 2. The highest BCUT2D eigenvalue weighted by Crippen LogP contribution is 2.25. The first-order valence-corrected chi connectivity index (χ1v) is 5.02. The Morgan fingerprint density at radius 3 is 2.56 bits per heavy atom. The van der Waals surface area contributed by atoms with Crippen molar-refractivity contribution >= 4 is 0 Å². The van der Waals surface area contributed by atoms with Gasteiger partial charge in [-0.2, -0.15) is 5.10 Å². The number of aliphatic hydroxyl groups excluding tert-OH is 1. The van der Waals surface area contributed by atoms with Gasteiger partial charge in [0.1, 0.15) is 5.75 Å². The number of ether oxygens (including phenoxy) is 1. The first-order valence-electron chi connectivity index (χ1n) is 5.02. The van der Waals surface area contributed by atoms with Crippen molar-refractivity contribution < 1.29 is 9.84 Å². The second kappa shape index (κ2) is 4.37. The van der Waals surface area contributed by atoms with Crippen LogP contribution in [0.25, 0.3) is 11.1 Å². The summed E-state index contributed by atoms with van der Waals surface area (Å²) in [4.78, 5) is 0. The Bertz CT molecular complexity index is 474. The minimum Gasteiger partial charge on any atom is -0.497 e. The van der Waals surface area contributed by atoms with Gasteiger partial charge in [-0.25, -0.2) is 0 Å². The molecule has 0 bridgehead atoms. The molecule has 16 heavy (non-hydrogen) atoms. The van der Waals surface area contributed by atoms with Gasteiger partial charge in [0.25, 0.3) is 0 Å². The lowest BCUT2D eigenvalue weighted by molar-refractivity contribution is 0.271. The molecule has 0 fully saturated rings. The van der Waals surface area contributed by atoms with E-state index in [1.165, 1.54) is 0 Å². The maximum Gasteiger partial charge on any atom is 0.118 e. The fourth-order valence-corrected chi connectivity index (χ4v) is 1.66. The quantitative estimate of drug-likeness (QED) is 0.851. The van der Waals surface area contributed by atoms with Gasteiger partial charge in [-0.1, -0.05) is 12.1 Å². The van der Waals surface area contributed by atoms with Gasteiger partial charge in [0.15, 0.2) is 0 Å². The molecule has 1 aromatic carbocycles. The molecule has 1 N–H and O–H groups in total. The predicted octanol–water partition coefficient (Wildman–Crippen LogP) is 1.59. The lowest BCUT2D eigenvalue weighted by Gasteiger charge is -2.04. The summed E-state index contributed by atoms with van der Waals surface area (Å²) in [5.74, 6) is 0.818. The monoisotopic (exact) mass is 218 g/mol. The third-order valence-electron chi connectivity index (χ3n) is 2.61. The molecule has 0 aliphatic heterocycles. The molecule has 0 atom stereocenters. The Balaban J connectivity index is 2.42. The number of benzene rings is 1. The standard InChI is InChI=1S/C12H14N2O2/c1-14-12(8-15)11(7-13-14)9-3-5-10(16-2)6-4-9/h3-7,15H,8H2,1-2H3. The van der Waals surface area contributed by atoms with E-state index in [2.05, 4.69) is 5.10 Å². The molecule has 0 aliphatic carbocycles. The van der Waals surface area contributed by atoms with Crippen molar-refractivity contribution in [1.82, 2.24) is 9.78 Å². The zero-order valence-electron chi connectivity index (χ0n) is 9.34. The zero-order chi connectivity index (χ0) is 11.5. The highest BCUT2D eigenvalue weighted by atomic mass is 16.5. The molecule has 4 nitrogen and oxygen atoms in total. The van der Waals surface area contributed by atoms with Crippen LogP contribution >= 0.6 is 0 Å². The normalized spacial score (nSPS) is 10.4. The molecule has 1 aromatic heterocycles. The van der Waals surface area contributed by atoms with Gasteiger partial charge in [0, 0.05) is 12.6 Å². The van der Waals surface area contributed by atoms with Crippen molar-refractivity contribution in [2.75, 3.05) is 7.11 Å². The van der Waals surface area contributed by atoms with E-state index in [0.29, 0.717) is 0 Å². The van der Waals surface area contributed by atoms with Crippen molar-refractivity contribution in [2.45, 2.75) is 6.61 Å². The fraction of sp³-hybridized carbons (Fsp3) is 0.250. The largest absolute Gasteiger partial charge is 0.497 e. The zero-order valence-corrected chi connectivity index (χ0v) is 9.34. The molecule has 1 heterocycles. The minimum absolute atomic E-state index is 0.0160. The third-order valence-corrected chi connectivity index (χ3v) is 2.61. The average molecular weight is 218 g/mol. The van der Waals surface area contributed by atoms with Crippen molar-refractivity contribution in [3.05, 3.63) is 36.2 Å². The molecular formula is C12H14N2O2. The lowest BCUT2D eigenvalue weighted by atomic mass is 10.1. The van der Waals surface area contributed by atoms with Crippen LogP contribution in [-0.4, -0.2) is 22.0 Å². The van der Waals surface area contributed by atoms with E-state index in [9.17, 15) is 5.11 Å². The summed E-state index contributed by atoms with van der Waals surface area (Å²) in [6.45, 7) is -0.0160. The van der Waals surface area contributed by atoms with Crippen LogP contribution in [0.15, 0.2) is 30.5 Å². The van der Waals surface area contributed by atoms with Crippen LogP contribution in [0.1, 0.15) is 5.69 Å². The molecule has 0 amide bonds. The summed E-state index contributed by atoms with van der Waals surface area (Å²) in [5, 5.41) is 13.4. The Morgan fingerprint density at radius 2 is 2.00 bits per heavy atom. The van der Waals surface area contributed by atoms with Crippen LogP contribution in [-0.2, 0) is 13.7 Å². The minimum atomic E-state index is -0.0160. The second-order valence-electron chi connectivity index (χ2n) is 3.52. The number of hydrogen-bond donors (Lipinski definition) is 1. The van der Waals surface area contributed by atoms with Crippen LogP contribution < -0.4 is 4.74 Å². The number of aryl methyl sites for hydroxylation is 1. The number of methoxy groups -OCH3 is 1. The summed E-state index contributed by atoms with van der Waals surface area (Å²) < 4.78 is 6.78. The van der Waals surface area contributed by atoms with Crippen LogP contribution in [0, 0.1) is 0 Å². The van der Waals surface area contributed by atoms with E-state index in [4.69, 9.17) is 4.74 Å². The van der Waals surface area contributed by atoms with E-state index in [-0.39, 0.29) is 6.61 Å². The van der Waals surface area contributed by atoms with E-state index in [1.54, 1.807) is 18.0 Å². The summed E-state index contributed by atoms with van der Waals surface area (Å²) >= 11 is 0. The molecule has 0 spiro atoms. The average Bonchev–Trinajstić information content (AvgIpc) is 2.70. The molecule has 84 valence electrons. The smallest absolute Gasteiger partial charge is 0.118 e. The highest BCUT2D eigenvalue weighted by Gasteiger charge is 2.09. The van der Waals surface area contributed by atoms with Gasteiger partial charge < -0.3 is 9.84 Å². The van der Waals surface area contributed by atoms with Crippen LogP contribution in [0.5, 0.6) is 5.75 Å². The van der Waals surface area contributed by atoms with E-state index >= 15 is 0 Å². The number of rotatable bonds is 3. The Labute approximate surface area is 94.1 Å². The first-order chi connectivity index (χ1) is 7.76. The SMILES string of the molecule is COc1ccc(-c2cnn(C)c2CO)cc1. The van der Waals surface area contributed by atoms with Gasteiger partial charge in [0.2, 0.25) is 0 Å². The molecule has 0 aliphatic rings. The van der Waals surface area contributed by atoms with Gasteiger partial charge in [-0.05, 0) is 17.7 Å². The Morgan fingerprint density at radius 1 is 1.31 bits per heavy atom. The molecule has 2 rings (SSSR count). The van der Waals surface area contributed by atoms with Crippen molar-refractivity contribution in [2.24, 2.45) is 7.05 Å². The Hall–Kier alpha value is -1.81. The van der Waals surface area contributed by atoms with E-state index in [1.807, 2.05) is 31.3 Å². The summed E-state index contributed by atoms with van der Waals surface area (Å²) in [6.07, 6.45) is 1.76. The molecule has 0 saturated carbocycles. The Kier molecular flexibility index (Phi) is 2.92. The molecule has 4 heteroatoms. The van der Waals surface area contributed by atoms with Gasteiger partial charge in [-0.15, -0.1) is 0 Å². The van der Waals surface area contributed by atoms with Crippen molar-refractivity contribution in [3.63, 3.8) is 0 Å². The van der Waals surface area contributed by atoms with Crippen molar-refractivity contribution in [1.29, 1.82) is 0 Å². The highest BCUT2D eigenvalue weighted by molar-refractivity contribution is 5.65. The van der Waals surface area contributed by atoms with Crippen LogP contribution in [0.3, 0.4) is 0 Å².